The molecule has 0 aliphatic carbocycles. The maximum absolute atomic E-state index is 10.6. The highest BCUT2D eigenvalue weighted by Crippen LogP contribution is 2.04. The van der Waals surface area contributed by atoms with Gasteiger partial charge in [0.25, 0.3) is 0 Å². The summed E-state index contributed by atoms with van der Waals surface area (Å²) in [6.45, 7) is 3.24. The molecule has 0 saturated heterocycles. The molecule has 1 aromatic carbocycles. The number of carboxylic acids is 1. The van der Waals surface area contributed by atoms with E-state index in [0.717, 1.165) is 18.4 Å². The Morgan fingerprint density at radius 3 is 2.53 bits per heavy atom. The molecule has 3 N–H and O–H groups in total. The highest BCUT2D eigenvalue weighted by molar-refractivity contribution is 5.87. The average Bonchev–Trinajstić information content (AvgIpc) is 2.30. The number of rotatable bonds is 7. The Morgan fingerprint density at radius 1 is 1.35 bits per heavy atom. The minimum Gasteiger partial charge on any atom is -0.478 e. The lowest BCUT2D eigenvalue weighted by atomic mass is 10.1. The van der Waals surface area contributed by atoms with E-state index in [1.807, 2.05) is 6.92 Å². The molecule has 4 nitrogen and oxygen atoms in total. The van der Waals surface area contributed by atoms with E-state index in [0.29, 0.717) is 18.7 Å². The predicted molar refractivity (Wildman–Crippen MR) is 66.0 cm³/mol. The van der Waals surface area contributed by atoms with Crippen molar-refractivity contribution in [2.45, 2.75) is 32.4 Å². The van der Waals surface area contributed by atoms with Crippen molar-refractivity contribution in [2.75, 3.05) is 6.54 Å². The number of aromatic carboxylic acids is 1. The summed E-state index contributed by atoms with van der Waals surface area (Å²) in [6, 6.07) is 6.73. The lowest BCUT2D eigenvalue weighted by Crippen LogP contribution is -2.26. The van der Waals surface area contributed by atoms with Crippen molar-refractivity contribution < 1.29 is 15.0 Å². The van der Waals surface area contributed by atoms with Gasteiger partial charge in [0.1, 0.15) is 0 Å². The van der Waals surface area contributed by atoms with Crippen molar-refractivity contribution >= 4 is 5.97 Å². The number of benzene rings is 1. The Hall–Kier alpha value is -1.39. The molecule has 0 saturated carbocycles. The van der Waals surface area contributed by atoms with E-state index in [-0.39, 0.29) is 6.10 Å². The molecule has 0 spiro atoms. The smallest absolute Gasteiger partial charge is 0.335 e. The zero-order valence-electron chi connectivity index (χ0n) is 10.0. The Labute approximate surface area is 101 Å². The summed E-state index contributed by atoms with van der Waals surface area (Å²) in [7, 11) is 0. The van der Waals surface area contributed by atoms with Gasteiger partial charge in [0.15, 0.2) is 0 Å². The third-order valence-corrected chi connectivity index (χ3v) is 2.53. The summed E-state index contributed by atoms with van der Waals surface area (Å²) < 4.78 is 0. The third kappa shape index (κ3) is 4.97. The predicted octanol–water partition coefficient (Wildman–Crippen LogP) is 1.64. The molecule has 1 aromatic rings. The summed E-state index contributed by atoms with van der Waals surface area (Å²) in [6.07, 6.45) is 1.46. The van der Waals surface area contributed by atoms with Crippen LogP contribution in [0.15, 0.2) is 24.3 Å². The second-order valence-electron chi connectivity index (χ2n) is 4.08. The Morgan fingerprint density at radius 2 is 2.00 bits per heavy atom. The van der Waals surface area contributed by atoms with E-state index >= 15 is 0 Å². The first-order valence-electron chi connectivity index (χ1n) is 5.84. The average molecular weight is 237 g/mol. The van der Waals surface area contributed by atoms with Gasteiger partial charge in [0, 0.05) is 13.1 Å². The van der Waals surface area contributed by atoms with Crippen molar-refractivity contribution in [3.05, 3.63) is 35.4 Å². The number of hydrogen-bond donors (Lipinski definition) is 3. The minimum atomic E-state index is -0.914. The van der Waals surface area contributed by atoms with Crippen LogP contribution in [0.1, 0.15) is 35.7 Å². The molecule has 0 fully saturated rings. The van der Waals surface area contributed by atoms with Gasteiger partial charge in [-0.15, -0.1) is 0 Å². The number of aliphatic hydroxyl groups excluding tert-OH is 1. The quantitative estimate of drug-likeness (QED) is 0.674. The molecule has 1 unspecified atom stereocenters. The lowest BCUT2D eigenvalue weighted by molar-refractivity contribution is 0.0697. The van der Waals surface area contributed by atoms with Gasteiger partial charge in [-0.2, -0.15) is 0 Å². The molecular weight excluding hydrogens is 218 g/mol. The molecule has 0 aliphatic rings. The largest absolute Gasteiger partial charge is 0.478 e. The molecular formula is C13H19NO3. The van der Waals surface area contributed by atoms with E-state index in [1.54, 1.807) is 24.3 Å². The normalized spacial score (nSPS) is 12.4. The van der Waals surface area contributed by atoms with E-state index in [4.69, 9.17) is 5.11 Å². The molecule has 0 bridgehead atoms. The topological polar surface area (TPSA) is 69.6 Å². The number of nitrogens with one attached hydrogen (secondary N) is 1. The zero-order chi connectivity index (χ0) is 12.7. The highest BCUT2D eigenvalue weighted by atomic mass is 16.4. The summed E-state index contributed by atoms with van der Waals surface area (Å²) >= 11 is 0. The number of aliphatic hydroxyl groups is 1. The van der Waals surface area contributed by atoms with Crippen LogP contribution in [0.5, 0.6) is 0 Å². The molecule has 4 heteroatoms. The van der Waals surface area contributed by atoms with Crippen LogP contribution >= 0.6 is 0 Å². The van der Waals surface area contributed by atoms with Gasteiger partial charge in [0.05, 0.1) is 11.7 Å². The number of hydrogen-bond acceptors (Lipinski definition) is 3. The van der Waals surface area contributed by atoms with E-state index in [2.05, 4.69) is 5.32 Å². The zero-order valence-corrected chi connectivity index (χ0v) is 10.0. The van der Waals surface area contributed by atoms with E-state index < -0.39 is 5.97 Å². The number of carbonyl (C=O) groups is 1. The van der Waals surface area contributed by atoms with Crippen LogP contribution in [0.25, 0.3) is 0 Å². The van der Waals surface area contributed by atoms with Crippen molar-refractivity contribution in [1.29, 1.82) is 0 Å². The minimum absolute atomic E-state index is 0.291. The third-order valence-electron chi connectivity index (χ3n) is 2.53. The van der Waals surface area contributed by atoms with Crippen LogP contribution in [0, 0.1) is 0 Å². The summed E-state index contributed by atoms with van der Waals surface area (Å²) in [5.41, 5.74) is 1.30. The van der Waals surface area contributed by atoms with E-state index in [9.17, 15) is 9.90 Å². The van der Waals surface area contributed by atoms with Crippen LogP contribution in [-0.2, 0) is 6.54 Å². The Bertz CT molecular complexity index is 348. The molecule has 94 valence electrons. The van der Waals surface area contributed by atoms with Crippen LogP contribution in [0.3, 0.4) is 0 Å². The van der Waals surface area contributed by atoms with Gasteiger partial charge in [-0.25, -0.2) is 4.79 Å². The van der Waals surface area contributed by atoms with Gasteiger partial charge in [0.2, 0.25) is 0 Å². The summed E-state index contributed by atoms with van der Waals surface area (Å²) in [5, 5.41) is 21.4. The fourth-order valence-electron chi connectivity index (χ4n) is 1.58. The molecule has 1 atom stereocenters. The second-order valence-corrected chi connectivity index (χ2v) is 4.08. The van der Waals surface area contributed by atoms with Gasteiger partial charge in [-0.1, -0.05) is 25.5 Å². The summed E-state index contributed by atoms with van der Waals surface area (Å²) in [4.78, 5) is 10.6. The van der Waals surface area contributed by atoms with Gasteiger partial charge in [-0.05, 0) is 24.1 Å². The molecule has 0 heterocycles. The highest BCUT2D eigenvalue weighted by Gasteiger charge is 2.03. The van der Waals surface area contributed by atoms with Gasteiger partial charge < -0.3 is 15.5 Å². The van der Waals surface area contributed by atoms with E-state index in [1.165, 1.54) is 0 Å². The Kier molecular flexibility index (Phi) is 5.66. The maximum atomic E-state index is 10.6. The van der Waals surface area contributed by atoms with Crippen LogP contribution in [-0.4, -0.2) is 28.8 Å². The van der Waals surface area contributed by atoms with Crippen molar-refractivity contribution in [2.24, 2.45) is 0 Å². The maximum Gasteiger partial charge on any atom is 0.335 e. The van der Waals surface area contributed by atoms with Gasteiger partial charge in [-0.3, -0.25) is 0 Å². The Balaban J connectivity index is 2.34. The first-order chi connectivity index (χ1) is 8.13. The van der Waals surface area contributed by atoms with Crippen molar-refractivity contribution in [1.82, 2.24) is 5.32 Å². The van der Waals surface area contributed by atoms with Gasteiger partial charge >= 0.3 is 5.97 Å². The first kappa shape index (κ1) is 13.7. The fraction of sp³-hybridized carbons (Fsp3) is 0.462. The number of carboxylic acid groups (broad SMARTS) is 1. The standard InChI is InChI=1S/C13H19NO3/c1-2-3-12(15)9-14-8-10-4-6-11(7-5-10)13(16)17/h4-7,12,14-15H,2-3,8-9H2,1H3,(H,16,17). The molecule has 0 amide bonds. The van der Waals surface area contributed by atoms with Crippen LogP contribution < -0.4 is 5.32 Å². The molecule has 17 heavy (non-hydrogen) atoms. The monoisotopic (exact) mass is 237 g/mol. The van der Waals surface area contributed by atoms with Crippen molar-refractivity contribution in [3.8, 4) is 0 Å². The lowest BCUT2D eigenvalue weighted by Gasteiger charge is -2.10. The molecule has 0 aromatic heterocycles. The molecule has 0 radical (unpaired) electrons. The van der Waals surface area contributed by atoms with Crippen LogP contribution in [0.4, 0.5) is 0 Å². The van der Waals surface area contributed by atoms with Crippen molar-refractivity contribution in [3.63, 3.8) is 0 Å². The summed E-state index contributed by atoms with van der Waals surface area (Å²) in [5.74, 6) is -0.914. The molecule has 1 rings (SSSR count). The molecule has 0 aliphatic heterocycles. The SMILES string of the molecule is CCCC(O)CNCc1ccc(C(=O)O)cc1. The first-order valence-corrected chi connectivity index (χ1v) is 5.84. The van der Waals surface area contributed by atoms with Crippen LogP contribution in [0.2, 0.25) is 0 Å². The fourth-order valence-corrected chi connectivity index (χ4v) is 1.58. The second kappa shape index (κ2) is 7.04.